The molecule has 0 radical (unpaired) electrons. The number of rotatable bonds is 9. The van der Waals surface area contributed by atoms with Crippen LogP contribution < -0.4 is 10.6 Å². The highest BCUT2D eigenvalue weighted by molar-refractivity contribution is 5.90. The molecule has 2 rings (SSSR count). The summed E-state index contributed by atoms with van der Waals surface area (Å²) in [6.45, 7) is 10.2. The second-order valence-electron chi connectivity index (χ2n) is 10.7. The molecule has 10 nitrogen and oxygen atoms in total. The smallest absolute Gasteiger partial charge is 0.408 e. The Bertz CT molecular complexity index is 1110. The van der Waals surface area contributed by atoms with Gasteiger partial charge < -0.3 is 29.8 Å². The van der Waals surface area contributed by atoms with Crippen LogP contribution in [0.25, 0.3) is 10.9 Å². The number of para-hydroxylation sites is 1. The summed E-state index contributed by atoms with van der Waals surface area (Å²) in [6, 6.07) is 5.09. The first-order valence-electron chi connectivity index (χ1n) is 11.8. The molecular weight excluding hydrogens is 466 g/mol. The minimum atomic E-state index is -1.26. The van der Waals surface area contributed by atoms with E-state index in [0.29, 0.717) is 0 Å². The summed E-state index contributed by atoms with van der Waals surface area (Å²) in [4.78, 5) is 49.7. The fourth-order valence-electron chi connectivity index (χ4n) is 3.65. The fourth-order valence-corrected chi connectivity index (χ4v) is 3.65. The zero-order valence-electron chi connectivity index (χ0n) is 22.0. The van der Waals surface area contributed by atoms with Crippen molar-refractivity contribution in [2.45, 2.75) is 84.1 Å². The molecule has 1 aromatic carbocycles. The van der Waals surface area contributed by atoms with Gasteiger partial charge in [-0.25, -0.2) is 9.59 Å². The quantitative estimate of drug-likeness (QED) is 0.447. The van der Waals surface area contributed by atoms with Gasteiger partial charge in [-0.15, -0.1) is 0 Å². The van der Waals surface area contributed by atoms with Crippen LogP contribution in [0, 0.1) is 0 Å². The summed E-state index contributed by atoms with van der Waals surface area (Å²) >= 11 is 0. The van der Waals surface area contributed by atoms with E-state index in [0.717, 1.165) is 16.5 Å². The molecule has 0 aliphatic heterocycles. The van der Waals surface area contributed by atoms with Crippen LogP contribution in [0.3, 0.4) is 0 Å². The van der Waals surface area contributed by atoms with Gasteiger partial charge in [-0.1, -0.05) is 18.2 Å². The number of esters is 1. The number of aryl methyl sites for hydroxylation is 1. The first kappa shape index (κ1) is 28.7. The molecule has 3 N–H and O–H groups in total. The number of hydrogen-bond acceptors (Lipinski definition) is 6. The van der Waals surface area contributed by atoms with Gasteiger partial charge in [0, 0.05) is 37.0 Å². The maximum Gasteiger partial charge on any atom is 0.408 e. The van der Waals surface area contributed by atoms with E-state index in [-0.39, 0.29) is 19.3 Å². The zero-order chi connectivity index (χ0) is 27.3. The average Bonchev–Trinajstić information content (AvgIpc) is 3.03. The highest BCUT2D eigenvalue weighted by Gasteiger charge is 2.30. The van der Waals surface area contributed by atoms with Gasteiger partial charge in [0.25, 0.3) is 0 Å². The van der Waals surface area contributed by atoms with E-state index in [4.69, 9.17) is 9.47 Å². The van der Waals surface area contributed by atoms with Crippen LogP contribution in [0.15, 0.2) is 30.5 Å². The number of amides is 2. The number of nitrogens with zero attached hydrogens (tertiary/aromatic N) is 1. The first-order valence-corrected chi connectivity index (χ1v) is 11.8. The van der Waals surface area contributed by atoms with Gasteiger partial charge in [-0.3, -0.25) is 9.59 Å². The molecule has 2 amide bonds. The normalized spacial score (nSPS) is 13.5. The molecule has 2 aromatic rings. The second-order valence-corrected chi connectivity index (χ2v) is 10.7. The Balaban J connectivity index is 2.19. The molecule has 0 aliphatic carbocycles. The Morgan fingerprint density at radius 1 is 0.944 bits per heavy atom. The number of carboxylic acids is 1. The van der Waals surface area contributed by atoms with Gasteiger partial charge in [0.1, 0.15) is 23.3 Å². The molecule has 0 bridgehead atoms. The van der Waals surface area contributed by atoms with E-state index >= 15 is 0 Å². The number of carbonyl (C=O) groups excluding carboxylic acids is 3. The number of hydrogen-bond donors (Lipinski definition) is 3. The number of benzene rings is 1. The maximum atomic E-state index is 13.1. The molecule has 0 fully saturated rings. The number of ether oxygens (including phenoxy) is 2. The van der Waals surface area contributed by atoms with Crippen LogP contribution >= 0.6 is 0 Å². The summed E-state index contributed by atoms with van der Waals surface area (Å²) in [6.07, 6.45) is 0.749. The number of carbonyl (C=O) groups is 4. The van der Waals surface area contributed by atoms with E-state index in [1.165, 1.54) is 0 Å². The highest BCUT2D eigenvalue weighted by atomic mass is 16.6. The van der Waals surface area contributed by atoms with Gasteiger partial charge in [0.15, 0.2) is 0 Å². The third-order valence-electron chi connectivity index (χ3n) is 5.08. The van der Waals surface area contributed by atoms with Crippen molar-refractivity contribution < 1.29 is 33.8 Å². The summed E-state index contributed by atoms with van der Waals surface area (Å²) in [7, 11) is 1.86. The molecule has 2 atom stereocenters. The van der Waals surface area contributed by atoms with Gasteiger partial charge in [-0.2, -0.15) is 0 Å². The Hall–Kier alpha value is -3.56. The van der Waals surface area contributed by atoms with Crippen molar-refractivity contribution in [2.75, 3.05) is 0 Å². The first-order chi connectivity index (χ1) is 16.6. The molecule has 0 saturated carbocycles. The summed E-state index contributed by atoms with van der Waals surface area (Å²) in [5.74, 6) is -2.51. The molecule has 0 saturated heterocycles. The summed E-state index contributed by atoms with van der Waals surface area (Å²) in [5, 5.41) is 15.7. The van der Waals surface area contributed by atoms with Crippen molar-refractivity contribution in [3.63, 3.8) is 0 Å². The van der Waals surface area contributed by atoms with Gasteiger partial charge in [-0.05, 0) is 59.6 Å². The lowest BCUT2D eigenvalue weighted by Gasteiger charge is -2.25. The lowest BCUT2D eigenvalue weighted by atomic mass is 10.0. The Labute approximate surface area is 211 Å². The van der Waals surface area contributed by atoms with Crippen molar-refractivity contribution in [2.24, 2.45) is 7.05 Å². The van der Waals surface area contributed by atoms with Gasteiger partial charge in [0.2, 0.25) is 5.91 Å². The SMILES string of the molecule is Cn1cc(CC(NC(=O)C(CCC(=O)OC(C)(C)C)NC(=O)OC(C)(C)C)C(=O)O)c2ccccc21. The van der Waals surface area contributed by atoms with Crippen molar-refractivity contribution in [1.29, 1.82) is 0 Å². The van der Waals surface area contributed by atoms with Crippen LogP contribution in [-0.2, 0) is 37.3 Å². The third kappa shape index (κ3) is 8.90. The van der Waals surface area contributed by atoms with E-state index in [1.54, 1.807) is 41.5 Å². The molecule has 10 heteroatoms. The monoisotopic (exact) mass is 503 g/mol. The fraction of sp³-hybridized carbons (Fsp3) is 0.538. The molecule has 1 heterocycles. The molecule has 2 unspecified atom stereocenters. The van der Waals surface area contributed by atoms with Crippen LogP contribution in [0.2, 0.25) is 0 Å². The van der Waals surface area contributed by atoms with Crippen LogP contribution in [0.4, 0.5) is 4.79 Å². The minimum absolute atomic E-state index is 0.0354. The minimum Gasteiger partial charge on any atom is -0.480 e. The molecule has 1 aromatic heterocycles. The predicted octanol–water partition coefficient (Wildman–Crippen LogP) is 3.31. The number of aromatic nitrogens is 1. The van der Waals surface area contributed by atoms with Gasteiger partial charge >= 0.3 is 18.0 Å². The van der Waals surface area contributed by atoms with E-state index in [1.807, 2.05) is 42.1 Å². The molecule has 0 spiro atoms. The lowest BCUT2D eigenvalue weighted by Crippen LogP contribution is -2.53. The topological polar surface area (TPSA) is 136 Å². The lowest BCUT2D eigenvalue weighted by molar-refractivity contribution is -0.155. The van der Waals surface area contributed by atoms with Crippen LogP contribution in [0.5, 0.6) is 0 Å². The largest absolute Gasteiger partial charge is 0.480 e. The van der Waals surface area contributed by atoms with Crippen LogP contribution in [-0.4, -0.2) is 56.9 Å². The molecule has 36 heavy (non-hydrogen) atoms. The van der Waals surface area contributed by atoms with Crippen LogP contribution in [0.1, 0.15) is 59.9 Å². The molecule has 198 valence electrons. The van der Waals surface area contributed by atoms with Crippen molar-refractivity contribution in [3.05, 3.63) is 36.0 Å². The maximum absolute atomic E-state index is 13.1. The number of alkyl carbamates (subject to hydrolysis) is 1. The summed E-state index contributed by atoms with van der Waals surface area (Å²) < 4.78 is 12.4. The van der Waals surface area contributed by atoms with E-state index < -0.39 is 47.2 Å². The molecule has 0 aliphatic rings. The number of carboxylic acid groups (broad SMARTS) is 1. The number of fused-ring (bicyclic) bond motifs is 1. The Kier molecular flexibility index (Phi) is 9.12. The van der Waals surface area contributed by atoms with Crippen molar-refractivity contribution >= 4 is 34.8 Å². The molecular formula is C26H37N3O7. The highest BCUT2D eigenvalue weighted by Crippen LogP contribution is 2.22. The number of aliphatic carboxylic acids is 1. The van der Waals surface area contributed by atoms with Gasteiger partial charge in [0.05, 0.1) is 0 Å². The Morgan fingerprint density at radius 2 is 1.56 bits per heavy atom. The second kappa shape index (κ2) is 11.5. The Morgan fingerprint density at radius 3 is 2.14 bits per heavy atom. The number of nitrogens with one attached hydrogen (secondary N) is 2. The average molecular weight is 504 g/mol. The van der Waals surface area contributed by atoms with E-state index in [2.05, 4.69) is 10.6 Å². The standard InChI is InChI=1S/C26H37N3O7/c1-25(2,3)35-21(30)13-12-18(28-24(34)36-26(4,5)6)22(31)27-19(23(32)33)14-16-15-29(7)20-11-9-8-10-17(16)20/h8-11,15,18-19H,12-14H2,1-7H3,(H,27,31)(H,28,34)(H,32,33). The van der Waals surface area contributed by atoms with Crippen molar-refractivity contribution in [3.8, 4) is 0 Å². The summed E-state index contributed by atoms with van der Waals surface area (Å²) in [5.41, 5.74) is 0.171. The predicted molar refractivity (Wildman–Crippen MR) is 134 cm³/mol. The van der Waals surface area contributed by atoms with E-state index in [9.17, 15) is 24.3 Å². The van der Waals surface area contributed by atoms with Crippen molar-refractivity contribution in [1.82, 2.24) is 15.2 Å². The zero-order valence-corrected chi connectivity index (χ0v) is 22.0. The third-order valence-corrected chi connectivity index (χ3v) is 5.08.